The van der Waals surface area contributed by atoms with Crippen LogP contribution in [-0.4, -0.2) is 43.3 Å². The SMILES string of the molecule is CCCC(C)(CN)N1CCC(OC)C1. The molecule has 1 heterocycles. The van der Waals surface area contributed by atoms with Crippen LogP contribution in [0.15, 0.2) is 0 Å². The lowest BCUT2D eigenvalue weighted by atomic mass is 9.94. The first-order chi connectivity index (χ1) is 6.66. The summed E-state index contributed by atoms with van der Waals surface area (Å²) in [4.78, 5) is 2.49. The molecule has 0 aromatic carbocycles. The van der Waals surface area contributed by atoms with Crippen LogP contribution in [0.2, 0.25) is 0 Å². The molecule has 0 spiro atoms. The second-order valence-corrected chi connectivity index (χ2v) is 4.54. The molecule has 0 saturated carbocycles. The lowest BCUT2D eigenvalue weighted by Crippen LogP contribution is -2.50. The molecule has 3 nitrogen and oxygen atoms in total. The minimum atomic E-state index is 0.183. The van der Waals surface area contributed by atoms with Crippen LogP contribution >= 0.6 is 0 Å². The Morgan fingerprint density at radius 2 is 2.29 bits per heavy atom. The van der Waals surface area contributed by atoms with E-state index in [4.69, 9.17) is 10.5 Å². The van der Waals surface area contributed by atoms with Crippen molar-refractivity contribution in [3.8, 4) is 0 Å². The highest BCUT2D eigenvalue weighted by atomic mass is 16.5. The number of nitrogens with zero attached hydrogens (tertiary/aromatic N) is 1. The summed E-state index contributed by atoms with van der Waals surface area (Å²) in [5, 5.41) is 0. The predicted molar refractivity (Wildman–Crippen MR) is 59.4 cm³/mol. The first-order valence-electron chi connectivity index (χ1n) is 5.64. The zero-order chi connectivity index (χ0) is 10.6. The molecule has 1 fully saturated rings. The lowest BCUT2D eigenvalue weighted by Gasteiger charge is -2.38. The zero-order valence-corrected chi connectivity index (χ0v) is 9.75. The Hall–Kier alpha value is -0.120. The monoisotopic (exact) mass is 200 g/mol. The molecule has 0 amide bonds. The predicted octanol–water partition coefficient (Wildman–Crippen LogP) is 1.22. The number of hydrogen-bond acceptors (Lipinski definition) is 3. The van der Waals surface area contributed by atoms with Gasteiger partial charge in [-0.3, -0.25) is 4.90 Å². The van der Waals surface area contributed by atoms with Gasteiger partial charge in [0.2, 0.25) is 0 Å². The third-order valence-corrected chi connectivity index (χ3v) is 3.47. The second-order valence-electron chi connectivity index (χ2n) is 4.54. The Morgan fingerprint density at radius 3 is 2.71 bits per heavy atom. The lowest BCUT2D eigenvalue weighted by molar-refractivity contribution is 0.0764. The van der Waals surface area contributed by atoms with Gasteiger partial charge >= 0.3 is 0 Å². The molecule has 3 heteroatoms. The summed E-state index contributed by atoms with van der Waals surface area (Å²) < 4.78 is 5.38. The minimum absolute atomic E-state index is 0.183. The summed E-state index contributed by atoms with van der Waals surface area (Å²) in [5.41, 5.74) is 6.06. The Balaban J connectivity index is 2.53. The van der Waals surface area contributed by atoms with Crippen molar-refractivity contribution in [2.75, 3.05) is 26.7 Å². The molecule has 1 rings (SSSR count). The molecular weight excluding hydrogens is 176 g/mol. The molecule has 14 heavy (non-hydrogen) atoms. The summed E-state index contributed by atoms with van der Waals surface area (Å²) in [5.74, 6) is 0. The number of likely N-dealkylation sites (tertiary alicyclic amines) is 1. The van der Waals surface area contributed by atoms with Gasteiger partial charge in [-0.1, -0.05) is 13.3 Å². The van der Waals surface area contributed by atoms with Gasteiger partial charge in [0.25, 0.3) is 0 Å². The van der Waals surface area contributed by atoms with Crippen molar-refractivity contribution in [1.82, 2.24) is 4.90 Å². The van der Waals surface area contributed by atoms with Crippen LogP contribution in [-0.2, 0) is 4.74 Å². The van der Waals surface area contributed by atoms with Crippen molar-refractivity contribution in [3.05, 3.63) is 0 Å². The molecule has 2 N–H and O–H groups in total. The van der Waals surface area contributed by atoms with E-state index in [1.165, 1.54) is 12.8 Å². The second kappa shape index (κ2) is 5.10. The molecule has 0 aliphatic carbocycles. The fraction of sp³-hybridized carbons (Fsp3) is 1.00. The van der Waals surface area contributed by atoms with E-state index in [1.807, 2.05) is 0 Å². The van der Waals surface area contributed by atoms with E-state index in [-0.39, 0.29) is 5.54 Å². The summed E-state index contributed by atoms with van der Waals surface area (Å²) in [7, 11) is 1.80. The first kappa shape index (κ1) is 12.0. The van der Waals surface area contributed by atoms with Gasteiger partial charge in [-0.25, -0.2) is 0 Å². The maximum Gasteiger partial charge on any atom is 0.0710 e. The van der Waals surface area contributed by atoms with Gasteiger partial charge in [-0.05, 0) is 19.8 Å². The van der Waals surface area contributed by atoms with Crippen molar-refractivity contribution in [2.45, 2.75) is 44.8 Å². The third kappa shape index (κ3) is 2.47. The topological polar surface area (TPSA) is 38.5 Å². The van der Waals surface area contributed by atoms with E-state index in [1.54, 1.807) is 7.11 Å². The van der Waals surface area contributed by atoms with Crippen molar-refractivity contribution in [1.29, 1.82) is 0 Å². The van der Waals surface area contributed by atoms with Crippen molar-refractivity contribution in [3.63, 3.8) is 0 Å². The number of rotatable bonds is 5. The molecule has 0 aromatic rings. The average molecular weight is 200 g/mol. The quantitative estimate of drug-likeness (QED) is 0.725. The molecule has 0 bridgehead atoms. The van der Waals surface area contributed by atoms with E-state index < -0.39 is 0 Å². The normalized spacial score (nSPS) is 27.9. The largest absolute Gasteiger partial charge is 0.380 e. The molecule has 2 unspecified atom stereocenters. The fourth-order valence-corrected chi connectivity index (χ4v) is 2.34. The average Bonchev–Trinajstić information content (AvgIpc) is 2.66. The van der Waals surface area contributed by atoms with E-state index >= 15 is 0 Å². The fourth-order valence-electron chi connectivity index (χ4n) is 2.34. The van der Waals surface area contributed by atoms with Gasteiger partial charge in [0.15, 0.2) is 0 Å². The molecule has 1 aliphatic rings. The molecule has 1 saturated heterocycles. The molecule has 1 aliphatic heterocycles. The van der Waals surface area contributed by atoms with Crippen LogP contribution in [0.25, 0.3) is 0 Å². The van der Waals surface area contributed by atoms with Crippen molar-refractivity contribution in [2.24, 2.45) is 5.73 Å². The third-order valence-electron chi connectivity index (χ3n) is 3.47. The van der Waals surface area contributed by atoms with Crippen LogP contribution in [0.5, 0.6) is 0 Å². The summed E-state index contributed by atoms with van der Waals surface area (Å²) in [6.07, 6.45) is 3.94. The Bertz CT molecular complexity index is 175. The van der Waals surface area contributed by atoms with Crippen LogP contribution in [0, 0.1) is 0 Å². The van der Waals surface area contributed by atoms with Crippen molar-refractivity contribution < 1.29 is 4.74 Å². The van der Waals surface area contributed by atoms with E-state index in [0.717, 1.165) is 26.1 Å². The summed E-state index contributed by atoms with van der Waals surface area (Å²) in [6.45, 7) is 7.42. The molecule has 2 atom stereocenters. The van der Waals surface area contributed by atoms with Crippen LogP contribution in [0.4, 0.5) is 0 Å². The summed E-state index contributed by atoms with van der Waals surface area (Å²) in [6, 6.07) is 0. The number of hydrogen-bond donors (Lipinski definition) is 1. The molecular formula is C11H24N2O. The van der Waals surface area contributed by atoms with Gasteiger partial charge < -0.3 is 10.5 Å². The number of methoxy groups -OCH3 is 1. The first-order valence-corrected chi connectivity index (χ1v) is 5.64. The Morgan fingerprint density at radius 1 is 1.57 bits per heavy atom. The van der Waals surface area contributed by atoms with Gasteiger partial charge in [0.1, 0.15) is 0 Å². The van der Waals surface area contributed by atoms with E-state index in [0.29, 0.717) is 6.10 Å². The van der Waals surface area contributed by atoms with Crippen LogP contribution < -0.4 is 5.73 Å². The van der Waals surface area contributed by atoms with Gasteiger partial charge in [0.05, 0.1) is 6.10 Å². The van der Waals surface area contributed by atoms with E-state index in [2.05, 4.69) is 18.7 Å². The highest BCUT2D eigenvalue weighted by Crippen LogP contribution is 2.25. The van der Waals surface area contributed by atoms with Gasteiger partial charge in [-0.2, -0.15) is 0 Å². The van der Waals surface area contributed by atoms with Crippen LogP contribution in [0.3, 0.4) is 0 Å². The molecule has 0 radical (unpaired) electrons. The van der Waals surface area contributed by atoms with Gasteiger partial charge in [-0.15, -0.1) is 0 Å². The standard InChI is InChI=1S/C11H24N2O/c1-4-6-11(2,9-12)13-7-5-10(8-13)14-3/h10H,4-9,12H2,1-3H3. The highest BCUT2D eigenvalue weighted by molar-refractivity contribution is 4.92. The Kier molecular flexibility index (Phi) is 4.35. The zero-order valence-electron chi connectivity index (χ0n) is 9.75. The Labute approximate surface area is 87.6 Å². The maximum atomic E-state index is 5.88. The minimum Gasteiger partial charge on any atom is -0.380 e. The van der Waals surface area contributed by atoms with E-state index in [9.17, 15) is 0 Å². The van der Waals surface area contributed by atoms with Gasteiger partial charge in [0, 0.05) is 32.3 Å². The van der Waals surface area contributed by atoms with Crippen LogP contribution in [0.1, 0.15) is 33.1 Å². The smallest absolute Gasteiger partial charge is 0.0710 e. The maximum absolute atomic E-state index is 5.88. The van der Waals surface area contributed by atoms with Crippen molar-refractivity contribution >= 4 is 0 Å². The summed E-state index contributed by atoms with van der Waals surface area (Å²) >= 11 is 0. The number of ether oxygens (including phenoxy) is 1. The molecule has 0 aromatic heterocycles. The number of nitrogens with two attached hydrogens (primary N) is 1. The highest BCUT2D eigenvalue weighted by Gasteiger charge is 2.35. The molecule has 84 valence electrons.